The van der Waals surface area contributed by atoms with Crippen LogP contribution in [0, 0.1) is 0 Å². The zero-order valence-corrected chi connectivity index (χ0v) is 17.6. The molecule has 2 heterocycles. The predicted octanol–water partition coefficient (Wildman–Crippen LogP) is 5.08. The minimum Gasteiger partial charge on any atom is -0.289 e. The largest absolute Gasteiger partial charge is 0.289 e. The first-order chi connectivity index (χ1) is 14.1. The molecular formula is C24H25N3OS. The maximum absolute atomic E-state index is 12.4. The third-order valence-electron chi connectivity index (χ3n) is 5.04. The molecule has 0 bridgehead atoms. The van der Waals surface area contributed by atoms with Crippen molar-refractivity contribution in [2.45, 2.75) is 39.4 Å². The highest BCUT2D eigenvalue weighted by atomic mass is 32.1. The SMILES string of the molecule is CC(C)c1ccc(CN(Cc2ccccc2)Cc2cc(=O)n3ccsc3n2)cc1. The van der Waals surface area contributed by atoms with Gasteiger partial charge >= 0.3 is 0 Å². The minimum atomic E-state index is -0.0211. The molecule has 5 heteroatoms. The van der Waals surface area contributed by atoms with Gasteiger partial charge in [0.05, 0.1) is 5.69 Å². The molecule has 0 atom stereocenters. The van der Waals surface area contributed by atoms with Crippen molar-refractivity contribution >= 4 is 16.3 Å². The van der Waals surface area contributed by atoms with E-state index in [1.54, 1.807) is 16.7 Å². The summed E-state index contributed by atoms with van der Waals surface area (Å²) in [5, 5.41) is 1.89. The van der Waals surface area contributed by atoms with Crippen molar-refractivity contribution < 1.29 is 0 Å². The lowest BCUT2D eigenvalue weighted by molar-refractivity contribution is 0.244. The van der Waals surface area contributed by atoms with E-state index in [0.29, 0.717) is 12.5 Å². The average molecular weight is 404 g/mol. The monoisotopic (exact) mass is 403 g/mol. The summed E-state index contributed by atoms with van der Waals surface area (Å²) < 4.78 is 1.60. The number of benzene rings is 2. The fourth-order valence-corrected chi connectivity index (χ4v) is 4.21. The summed E-state index contributed by atoms with van der Waals surface area (Å²) >= 11 is 1.49. The second-order valence-corrected chi connectivity index (χ2v) is 8.54. The van der Waals surface area contributed by atoms with Crippen molar-refractivity contribution in [3.8, 4) is 0 Å². The Labute approximate surface area is 175 Å². The molecule has 4 nitrogen and oxygen atoms in total. The molecule has 0 saturated carbocycles. The molecule has 0 N–H and O–H groups in total. The molecule has 0 aliphatic carbocycles. The maximum Gasteiger partial charge on any atom is 0.258 e. The van der Waals surface area contributed by atoms with Crippen LogP contribution >= 0.6 is 11.3 Å². The van der Waals surface area contributed by atoms with E-state index in [0.717, 1.165) is 23.7 Å². The third kappa shape index (κ3) is 4.81. The first kappa shape index (κ1) is 19.6. The van der Waals surface area contributed by atoms with E-state index in [2.05, 4.69) is 67.3 Å². The number of hydrogen-bond donors (Lipinski definition) is 0. The highest BCUT2D eigenvalue weighted by molar-refractivity contribution is 7.15. The fourth-order valence-electron chi connectivity index (χ4n) is 3.47. The highest BCUT2D eigenvalue weighted by Crippen LogP contribution is 2.18. The smallest absolute Gasteiger partial charge is 0.258 e. The van der Waals surface area contributed by atoms with Gasteiger partial charge in [0.25, 0.3) is 5.56 Å². The van der Waals surface area contributed by atoms with Crippen LogP contribution in [0.15, 0.2) is 77.0 Å². The van der Waals surface area contributed by atoms with Crippen LogP contribution < -0.4 is 5.56 Å². The quantitative estimate of drug-likeness (QED) is 0.432. The van der Waals surface area contributed by atoms with E-state index in [1.807, 2.05) is 11.4 Å². The summed E-state index contributed by atoms with van der Waals surface area (Å²) in [6.45, 7) is 6.66. The zero-order valence-electron chi connectivity index (χ0n) is 16.8. The lowest BCUT2D eigenvalue weighted by Gasteiger charge is -2.22. The van der Waals surface area contributed by atoms with E-state index < -0.39 is 0 Å². The van der Waals surface area contributed by atoms with Gasteiger partial charge in [-0.1, -0.05) is 68.4 Å². The summed E-state index contributed by atoms with van der Waals surface area (Å²) in [4.78, 5) is 20.2. The molecule has 0 aliphatic rings. The van der Waals surface area contributed by atoms with Gasteiger partial charge in [-0.25, -0.2) is 4.98 Å². The Bertz CT molecular complexity index is 1130. The molecule has 4 aromatic rings. The van der Waals surface area contributed by atoms with Crippen LogP contribution in [0.3, 0.4) is 0 Å². The van der Waals surface area contributed by atoms with Gasteiger partial charge in [0.2, 0.25) is 0 Å². The number of fused-ring (bicyclic) bond motifs is 1. The molecule has 0 spiro atoms. The number of nitrogens with zero attached hydrogens (tertiary/aromatic N) is 3. The van der Waals surface area contributed by atoms with Gasteiger partial charge in [-0.15, -0.1) is 11.3 Å². The molecule has 0 unspecified atom stereocenters. The number of aromatic nitrogens is 2. The Morgan fingerprint density at radius 3 is 2.34 bits per heavy atom. The van der Waals surface area contributed by atoms with Gasteiger partial charge in [0.1, 0.15) is 0 Å². The highest BCUT2D eigenvalue weighted by Gasteiger charge is 2.12. The van der Waals surface area contributed by atoms with Gasteiger partial charge in [-0.05, 0) is 22.6 Å². The zero-order chi connectivity index (χ0) is 20.2. The summed E-state index contributed by atoms with van der Waals surface area (Å²) in [6.07, 6.45) is 1.77. The van der Waals surface area contributed by atoms with Crippen LogP contribution in [-0.2, 0) is 19.6 Å². The average Bonchev–Trinajstić information content (AvgIpc) is 3.18. The van der Waals surface area contributed by atoms with Crippen molar-refractivity contribution in [3.63, 3.8) is 0 Å². The first-order valence-electron chi connectivity index (χ1n) is 9.89. The van der Waals surface area contributed by atoms with Gasteiger partial charge < -0.3 is 0 Å². The molecule has 0 aliphatic heterocycles. The van der Waals surface area contributed by atoms with Crippen molar-refractivity contribution in [2.75, 3.05) is 0 Å². The van der Waals surface area contributed by atoms with Crippen LogP contribution in [0.25, 0.3) is 4.96 Å². The van der Waals surface area contributed by atoms with Gasteiger partial charge in [0, 0.05) is 37.3 Å². The van der Waals surface area contributed by atoms with E-state index >= 15 is 0 Å². The van der Waals surface area contributed by atoms with Crippen molar-refractivity contribution in [1.29, 1.82) is 0 Å². The minimum absolute atomic E-state index is 0.0211. The van der Waals surface area contributed by atoms with Crippen molar-refractivity contribution in [2.24, 2.45) is 0 Å². The molecule has 148 valence electrons. The second-order valence-electron chi connectivity index (χ2n) is 7.67. The number of thiazole rings is 1. The van der Waals surface area contributed by atoms with E-state index in [4.69, 9.17) is 4.98 Å². The number of hydrogen-bond acceptors (Lipinski definition) is 4. The Hall–Kier alpha value is -2.76. The van der Waals surface area contributed by atoms with Crippen molar-refractivity contribution in [3.05, 3.63) is 105 Å². The molecule has 29 heavy (non-hydrogen) atoms. The Balaban J connectivity index is 1.59. The maximum atomic E-state index is 12.4. The van der Waals surface area contributed by atoms with E-state index in [9.17, 15) is 4.79 Å². The normalized spacial score (nSPS) is 11.6. The fraction of sp³-hybridized carbons (Fsp3) is 0.250. The third-order valence-corrected chi connectivity index (χ3v) is 5.80. The Kier molecular flexibility index (Phi) is 5.88. The van der Waals surface area contributed by atoms with E-state index in [-0.39, 0.29) is 5.56 Å². The predicted molar refractivity (Wildman–Crippen MR) is 119 cm³/mol. The van der Waals surface area contributed by atoms with Gasteiger partial charge in [-0.3, -0.25) is 14.1 Å². The second kappa shape index (κ2) is 8.72. The molecular weight excluding hydrogens is 378 g/mol. The summed E-state index contributed by atoms with van der Waals surface area (Å²) in [6, 6.07) is 20.9. The topological polar surface area (TPSA) is 37.6 Å². The molecule has 2 aromatic heterocycles. The van der Waals surface area contributed by atoms with Crippen LogP contribution in [0.5, 0.6) is 0 Å². The van der Waals surface area contributed by atoms with Crippen LogP contribution in [0.1, 0.15) is 42.1 Å². The Morgan fingerprint density at radius 2 is 1.66 bits per heavy atom. The van der Waals surface area contributed by atoms with Gasteiger partial charge in [0.15, 0.2) is 4.96 Å². The summed E-state index contributed by atoms with van der Waals surface area (Å²) in [5.41, 5.74) is 4.65. The molecule has 0 radical (unpaired) electrons. The molecule has 0 amide bonds. The lowest BCUT2D eigenvalue weighted by atomic mass is 10.0. The first-order valence-corrected chi connectivity index (χ1v) is 10.8. The number of rotatable bonds is 7. The Morgan fingerprint density at radius 1 is 0.966 bits per heavy atom. The van der Waals surface area contributed by atoms with E-state index in [1.165, 1.54) is 28.0 Å². The van der Waals surface area contributed by atoms with Gasteiger partial charge in [-0.2, -0.15) is 0 Å². The standard InChI is InChI=1S/C24H25N3OS/c1-18(2)21-10-8-20(9-11-21)16-26(15-19-6-4-3-5-7-19)17-22-14-23(28)27-12-13-29-24(27)25-22/h3-14,18H,15-17H2,1-2H3. The molecule has 4 rings (SSSR count). The molecule has 0 fully saturated rings. The van der Waals surface area contributed by atoms with Crippen LogP contribution in [-0.4, -0.2) is 14.3 Å². The lowest BCUT2D eigenvalue weighted by Crippen LogP contribution is -2.24. The van der Waals surface area contributed by atoms with Crippen LogP contribution in [0.4, 0.5) is 0 Å². The summed E-state index contributed by atoms with van der Waals surface area (Å²) in [5.74, 6) is 0.527. The molecule has 2 aromatic carbocycles. The van der Waals surface area contributed by atoms with Crippen molar-refractivity contribution in [1.82, 2.24) is 14.3 Å². The summed E-state index contributed by atoms with van der Waals surface area (Å²) in [7, 11) is 0. The molecule has 0 saturated heterocycles. The van der Waals surface area contributed by atoms with Crippen LogP contribution in [0.2, 0.25) is 0 Å².